The van der Waals surface area contributed by atoms with Gasteiger partial charge in [0.15, 0.2) is 5.82 Å². The van der Waals surface area contributed by atoms with Crippen LogP contribution < -0.4 is 19.6 Å². The third-order valence-corrected chi connectivity index (χ3v) is 7.59. The van der Waals surface area contributed by atoms with E-state index in [1.54, 1.807) is 6.08 Å². The van der Waals surface area contributed by atoms with Gasteiger partial charge in [-0.1, -0.05) is 61.6 Å². The van der Waals surface area contributed by atoms with E-state index in [4.69, 9.17) is 14.6 Å². The number of para-hydroxylation sites is 1. The van der Waals surface area contributed by atoms with Crippen LogP contribution in [0.1, 0.15) is 43.6 Å². The van der Waals surface area contributed by atoms with E-state index in [9.17, 15) is 4.79 Å². The zero-order valence-electron chi connectivity index (χ0n) is 24.0. The molecule has 0 aliphatic carbocycles. The second-order valence-electron chi connectivity index (χ2n) is 9.92. The Balaban J connectivity index is 1.31. The molecular weight excluding hydrogens is 558 g/mol. The topological polar surface area (TPSA) is 83.5 Å². The van der Waals surface area contributed by atoms with E-state index in [0.29, 0.717) is 28.5 Å². The zero-order valence-corrected chi connectivity index (χ0v) is 24.8. The maximum absolute atomic E-state index is 13.4. The van der Waals surface area contributed by atoms with Crippen molar-refractivity contribution < 1.29 is 9.47 Å². The van der Waals surface area contributed by atoms with Gasteiger partial charge in [0, 0.05) is 17.3 Å². The van der Waals surface area contributed by atoms with Crippen molar-refractivity contribution >= 4 is 34.5 Å². The Bertz CT molecular complexity index is 1960. The van der Waals surface area contributed by atoms with Gasteiger partial charge >= 0.3 is 0 Å². The number of nitrogens with zero attached hydrogens (tertiary/aromatic N) is 5. The zero-order chi connectivity index (χ0) is 29.6. The molecule has 3 aromatic carbocycles. The van der Waals surface area contributed by atoms with Crippen molar-refractivity contribution in [1.82, 2.24) is 24.4 Å². The lowest BCUT2D eigenvalue weighted by Crippen LogP contribution is -2.23. The standard InChI is InChI=1S/C34H31N5O3S/c1-3-20-41-28-15-10-24(11-16-28)12-19-31-35-34-39(36-31)33(40)30(43-34)22-26-23-38(27-8-6-5-7-9-27)37-32(26)25-13-17-29(18-14-25)42-21-4-2/h5-19,22-23H,3-4,20-21H2,1-2H3/b19-12+,30-22-. The van der Waals surface area contributed by atoms with Crippen LogP contribution in [0.4, 0.5) is 0 Å². The van der Waals surface area contributed by atoms with Crippen molar-refractivity contribution in [2.24, 2.45) is 0 Å². The van der Waals surface area contributed by atoms with Crippen LogP contribution in [0.15, 0.2) is 89.9 Å². The lowest BCUT2D eigenvalue weighted by molar-refractivity contribution is 0.317. The van der Waals surface area contributed by atoms with Crippen molar-refractivity contribution in [1.29, 1.82) is 0 Å². The highest BCUT2D eigenvalue weighted by Crippen LogP contribution is 2.26. The van der Waals surface area contributed by atoms with Gasteiger partial charge in [0.25, 0.3) is 5.56 Å². The number of thiazole rings is 1. The molecule has 0 atom stereocenters. The molecule has 0 N–H and O–H groups in total. The molecule has 0 unspecified atom stereocenters. The summed E-state index contributed by atoms with van der Waals surface area (Å²) in [7, 11) is 0. The Kier molecular flexibility index (Phi) is 8.42. The molecule has 3 heterocycles. The summed E-state index contributed by atoms with van der Waals surface area (Å²) in [5.41, 5.74) is 4.21. The van der Waals surface area contributed by atoms with Crippen molar-refractivity contribution in [3.63, 3.8) is 0 Å². The van der Waals surface area contributed by atoms with Crippen LogP contribution in [-0.4, -0.2) is 37.6 Å². The SMILES string of the molecule is CCCOc1ccc(/C=C/c2nc3s/c(=C\c4cn(-c5ccccc5)nc4-c4ccc(OCCC)cc4)c(=O)n3n2)cc1. The molecule has 0 bridgehead atoms. The molecule has 0 saturated heterocycles. The largest absolute Gasteiger partial charge is 0.494 e. The number of hydrogen-bond donors (Lipinski definition) is 0. The molecule has 216 valence electrons. The Morgan fingerprint density at radius 1 is 0.814 bits per heavy atom. The van der Waals surface area contributed by atoms with Crippen LogP contribution in [0.5, 0.6) is 11.5 Å². The number of fused-ring (bicyclic) bond motifs is 1. The van der Waals surface area contributed by atoms with E-state index < -0.39 is 0 Å². The molecule has 6 rings (SSSR count). The van der Waals surface area contributed by atoms with Crippen LogP contribution >= 0.6 is 11.3 Å². The molecule has 43 heavy (non-hydrogen) atoms. The number of aromatic nitrogens is 5. The summed E-state index contributed by atoms with van der Waals surface area (Å²) in [4.78, 5) is 18.5. The van der Waals surface area contributed by atoms with Crippen LogP contribution in [0.25, 0.3) is 40.1 Å². The van der Waals surface area contributed by atoms with Gasteiger partial charge in [-0.25, -0.2) is 4.68 Å². The maximum Gasteiger partial charge on any atom is 0.291 e. The quantitative estimate of drug-likeness (QED) is 0.176. The summed E-state index contributed by atoms with van der Waals surface area (Å²) in [5, 5.41) is 9.34. The Morgan fingerprint density at radius 2 is 1.49 bits per heavy atom. The molecule has 0 fully saturated rings. The molecular formula is C34H31N5O3S. The Morgan fingerprint density at radius 3 is 2.14 bits per heavy atom. The van der Waals surface area contributed by atoms with E-state index in [-0.39, 0.29) is 5.56 Å². The molecule has 8 nitrogen and oxygen atoms in total. The van der Waals surface area contributed by atoms with Gasteiger partial charge in [0.2, 0.25) is 4.96 Å². The summed E-state index contributed by atoms with van der Waals surface area (Å²) in [5.74, 6) is 2.13. The van der Waals surface area contributed by atoms with Crippen LogP contribution in [-0.2, 0) is 0 Å². The second kappa shape index (κ2) is 12.9. The fourth-order valence-electron chi connectivity index (χ4n) is 4.49. The molecule has 6 aromatic rings. The van der Waals surface area contributed by atoms with Crippen LogP contribution in [0, 0.1) is 0 Å². The predicted octanol–water partition coefficient (Wildman–Crippen LogP) is 6.30. The predicted molar refractivity (Wildman–Crippen MR) is 172 cm³/mol. The van der Waals surface area contributed by atoms with Crippen molar-refractivity contribution in [2.45, 2.75) is 26.7 Å². The van der Waals surface area contributed by atoms with Gasteiger partial charge in [-0.3, -0.25) is 4.79 Å². The first kappa shape index (κ1) is 28.1. The fraction of sp³-hybridized carbons (Fsp3) is 0.176. The lowest BCUT2D eigenvalue weighted by atomic mass is 10.1. The molecule has 0 amide bonds. The highest BCUT2D eigenvalue weighted by atomic mass is 32.1. The smallest absolute Gasteiger partial charge is 0.291 e. The van der Waals surface area contributed by atoms with Gasteiger partial charge in [-0.15, -0.1) is 5.10 Å². The van der Waals surface area contributed by atoms with Crippen LogP contribution in [0.2, 0.25) is 0 Å². The minimum Gasteiger partial charge on any atom is -0.494 e. The Hall–Kier alpha value is -5.02. The van der Waals surface area contributed by atoms with Crippen molar-refractivity contribution in [3.8, 4) is 28.4 Å². The van der Waals surface area contributed by atoms with Crippen molar-refractivity contribution in [2.75, 3.05) is 13.2 Å². The van der Waals surface area contributed by atoms with Gasteiger partial charge in [0.1, 0.15) is 17.2 Å². The summed E-state index contributed by atoms with van der Waals surface area (Å²) in [6, 6.07) is 25.6. The van der Waals surface area contributed by atoms with Gasteiger partial charge in [0.05, 0.1) is 23.4 Å². The highest BCUT2D eigenvalue weighted by Gasteiger charge is 2.14. The number of ether oxygens (including phenoxy) is 2. The minimum atomic E-state index is -0.216. The van der Waals surface area contributed by atoms with E-state index in [1.165, 1.54) is 15.9 Å². The number of hydrogen-bond acceptors (Lipinski definition) is 7. The minimum absolute atomic E-state index is 0.216. The van der Waals surface area contributed by atoms with Crippen LogP contribution in [0.3, 0.4) is 0 Å². The number of rotatable bonds is 11. The van der Waals surface area contributed by atoms with E-state index in [2.05, 4.69) is 23.9 Å². The third kappa shape index (κ3) is 6.42. The molecule has 0 aliphatic heterocycles. The third-order valence-electron chi connectivity index (χ3n) is 6.63. The average Bonchev–Trinajstić information content (AvgIpc) is 3.73. The molecule has 0 saturated carbocycles. The van der Waals surface area contributed by atoms with Gasteiger partial charge in [-0.05, 0) is 79.1 Å². The first-order valence-corrected chi connectivity index (χ1v) is 15.1. The number of benzene rings is 3. The monoisotopic (exact) mass is 589 g/mol. The summed E-state index contributed by atoms with van der Waals surface area (Å²) in [6.45, 7) is 5.52. The van der Waals surface area contributed by atoms with Crippen molar-refractivity contribution in [3.05, 3.63) is 117 Å². The second-order valence-corrected chi connectivity index (χ2v) is 10.9. The molecule has 3 aromatic heterocycles. The highest BCUT2D eigenvalue weighted by molar-refractivity contribution is 7.15. The molecule has 0 radical (unpaired) electrons. The van der Waals surface area contributed by atoms with E-state index in [0.717, 1.165) is 52.4 Å². The molecule has 0 aliphatic rings. The molecule has 9 heteroatoms. The molecule has 0 spiro atoms. The first-order chi connectivity index (χ1) is 21.1. The summed E-state index contributed by atoms with van der Waals surface area (Å²) in [6.07, 6.45) is 9.44. The van der Waals surface area contributed by atoms with Gasteiger partial charge < -0.3 is 9.47 Å². The van der Waals surface area contributed by atoms with E-state index >= 15 is 0 Å². The summed E-state index contributed by atoms with van der Waals surface area (Å²) < 4.78 is 15.1. The summed E-state index contributed by atoms with van der Waals surface area (Å²) >= 11 is 1.31. The van der Waals surface area contributed by atoms with Gasteiger partial charge in [-0.2, -0.15) is 14.6 Å². The average molecular weight is 590 g/mol. The normalized spacial score (nSPS) is 12.0. The fourth-order valence-corrected chi connectivity index (χ4v) is 5.39. The lowest BCUT2D eigenvalue weighted by Gasteiger charge is -2.05. The first-order valence-electron chi connectivity index (χ1n) is 14.3. The maximum atomic E-state index is 13.4. The van der Waals surface area contributed by atoms with E-state index in [1.807, 2.05) is 102 Å². The Labute approximate surface area is 253 Å².